The lowest BCUT2D eigenvalue weighted by atomic mass is 9.84. The molecule has 0 aromatic rings. The summed E-state index contributed by atoms with van der Waals surface area (Å²) in [7, 11) is -5.71. The van der Waals surface area contributed by atoms with E-state index in [9.17, 15) is 74.9 Å². The number of aliphatic hydroxyl groups excluding tert-OH is 10. The Morgan fingerprint density at radius 2 is 0.748 bits per heavy atom. The third kappa shape index (κ3) is 41.7. The molecule has 24 nitrogen and oxygen atoms in total. The maximum absolute atomic E-state index is 14.4. The van der Waals surface area contributed by atoms with Crippen LogP contribution in [0.4, 0.5) is 0 Å². The largest absolute Gasteiger partial charge is 0.472 e. The van der Waals surface area contributed by atoms with Crippen molar-refractivity contribution < 1.29 is 117 Å². The lowest BCUT2D eigenvalue weighted by Crippen LogP contribution is -2.69. The van der Waals surface area contributed by atoms with Gasteiger partial charge in [0.1, 0.15) is 98.7 Å². The van der Waals surface area contributed by atoms with Gasteiger partial charge in [-0.3, -0.25) is 18.6 Å². The summed E-state index contributed by atoms with van der Waals surface area (Å²) in [5, 5.41) is 110. The van der Waals surface area contributed by atoms with Crippen LogP contribution >= 0.6 is 7.82 Å². The molecule has 11 N–H and O–H groups in total. The Morgan fingerprint density at radius 3 is 1.15 bits per heavy atom. The van der Waals surface area contributed by atoms with E-state index < -0.39 is 156 Å². The summed E-state index contributed by atoms with van der Waals surface area (Å²) in [5.74, 6) is -2.21. The molecule has 0 aromatic heterocycles. The SMILES string of the molecule is CCCCCCCCCCCCC/C=C/C=C/C(=O)OCC1OC(OC2C(O)C(O)C(O)C(OC3OC(CO)C(O)C(O)C3O)C2OP(=O)(O)OCC(COC(=O)CCCCCCCCCCCCCCCCCC)OC(=O)CCCCCCCCCCCCCCCCCCC)C(O)C(O)C1O. The fourth-order valence-electron chi connectivity index (χ4n) is 13.5. The highest BCUT2D eigenvalue weighted by atomic mass is 31.2. The molecule has 604 valence electrons. The Labute approximate surface area is 617 Å². The number of hydrogen-bond donors (Lipinski definition) is 11. The Hall–Kier alpha value is -2.56. The van der Waals surface area contributed by atoms with Crippen LogP contribution in [0, 0.1) is 0 Å². The molecule has 2 saturated heterocycles. The molecule has 0 spiro atoms. The normalized spacial score (nSPS) is 27.0. The molecule has 103 heavy (non-hydrogen) atoms. The molecule has 2 heterocycles. The fourth-order valence-corrected chi connectivity index (χ4v) is 14.5. The monoisotopic (exact) mass is 1490 g/mol. The van der Waals surface area contributed by atoms with Crippen LogP contribution in [-0.2, 0) is 61.2 Å². The molecule has 2 aliphatic heterocycles. The minimum absolute atomic E-state index is 0.0377. The van der Waals surface area contributed by atoms with Crippen molar-refractivity contribution in [3.05, 3.63) is 24.3 Å². The van der Waals surface area contributed by atoms with Crippen LogP contribution in [-0.4, -0.2) is 204 Å². The number of allylic oxidation sites excluding steroid dienone is 3. The van der Waals surface area contributed by atoms with Crippen molar-refractivity contribution in [2.45, 2.75) is 427 Å². The van der Waals surface area contributed by atoms with Gasteiger partial charge in [0.15, 0.2) is 18.7 Å². The standard InChI is InChI=1S/C78H143O24P/c1-4-7-10-13-16-19-22-25-28-30-33-36-39-42-45-48-51-54-64(82)97-59(56-94-62(80)52-49-46-43-40-37-35-32-29-26-23-20-17-14-11-8-5-2)57-96-103(92,93)102-76-74(100-77-72(90)67(85)65(83)60(55-79)98-77)70(88)69(87)71(89)75(76)101-78-73(91)68(86)66(84)61(99-78)58-95-63(81)53-50-47-44-41-38-34-31-27-24-21-18-15-12-9-6-3/h44,47,50,53,59-61,65-79,83-91H,4-43,45-46,48-49,51-52,54-58H2,1-3H3,(H,92,93)/b47-44+,53-50+. The summed E-state index contributed by atoms with van der Waals surface area (Å²) >= 11 is 0. The molecular formula is C78H143O24P. The number of phosphoric ester groups is 1. The smallest absolute Gasteiger partial charge is 0.462 e. The molecule has 18 atom stereocenters. The molecule has 3 fully saturated rings. The Morgan fingerprint density at radius 1 is 0.398 bits per heavy atom. The summed E-state index contributed by atoms with van der Waals surface area (Å²) in [4.78, 5) is 51.1. The van der Waals surface area contributed by atoms with Gasteiger partial charge in [0.2, 0.25) is 0 Å². The lowest BCUT2D eigenvalue weighted by molar-refractivity contribution is -0.360. The van der Waals surface area contributed by atoms with Gasteiger partial charge in [-0.25, -0.2) is 9.36 Å². The number of hydrogen-bond acceptors (Lipinski definition) is 23. The van der Waals surface area contributed by atoms with E-state index in [2.05, 4.69) is 20.8 Å². The topological polar surface area (TPSA) is 374 Å². The summed E-state index contributed by atoms with van der Waals surface area (Å²) in [6, 6.07) is 0. The quantitative estimate of drug-likeness (QED) is 0.00673. The van der Waals surface area contributed by atoms with E-state index in [0.29, 0.717) is 12.8 Å². The minimum atomic E-state index is -5.71. The first-order valence-electron chi connectivity index (χ1n) is 40.7. The second-order valence-electron chi connectivity index (χ2n) is 29.2. The highest BCUT2D eigenvalue weighted by molar-refractivity contribution is 7.47. The van der Waals surface area contributed by atoms with E-state index in [1.807, 2.05) is 6.08 Å². The van der Waals surface area contributed by atoms with Crippen molar-refractivity contribution in [3.8, 4) is 0 Å². The second-order valence-corrected chi connectivity index (χ2v) is 30.6. The predicted octanol–water partition coefficient (Wildman–Crippen LogP) is 12.5. The number of ether oxygens (including phenoxy) is 7. The highest BCUT2D eigenvalue weighted by Crippen LogP contribution is 2.49. The number of carbonyl (C=O) groups excluding carboxylic acids is 3. The molecule has 1 saturated carbocycles. The number of unbranched alkanes of at least 4 members (excludes halogenated alkanes) is 42. The molecule has 0 aromatic carbocycles. The van der Waals surface area contributed by atoms with E-state index in [-0.39, 0.29) is 12.8 Å². The van der Waals surface area contributed by atoms with E-state index in [4.69, 9.17) is 42.2 Å². The van der Waals surface area contributed by atoms with Gasteiger partial charge in [-0.2, -0.15) is 0 Å². The second kappa shape index (κ2) is 59.3. The van der Waals surface area contributed by atoms with E-state index in [0.717, 1.165) is 89.5 Å². The molecule has 0 amide bonds. The van der Waals surface area contributed by atoms with Crippen LogP contribution in [0.1, 0.15) is 323 Å². The van der Waals surface area contributed by atoms with E-state index in [1.54, 1.807) is 6.08 Å². The Bertz CT molecular complexity index is 2210. The van der Waals surface area contributed by atoms with E-state index >= 15 is 0 Å². The van der Waals surface area contributed by atoms with Crippen molar-refractivity contribution in [2.24, 2.45) is 0 Å². The molecule has 25 heteroatoms. The van der Waals surface area contributed by atoms with Crippen LogP contribution in [0.25, 0.3) is 0 Å². The van der Waals surface area contributed by atoms with Gasteiger partial charge in [-0.1, -0.05) is 302 Å². The minimum Gasteiger partial charge on any atom is -0.462 e. The fraction of sp³-hybridized carbons (Fsp3) is 0.910. The number of esters is 3. The first kappa shape index (κ1) is 94.6. The average molecular weight is 1500 g/mol. The van der Waals surface area contributed by atoms with Gasteiger partial charge in [-0.05, 0) is 25.7 Å². The third-order valence-corrected chi connectivity index (χ3v) is 21.1. The Kier molecular flexibility index (Phi) is 54.5. The summed E-state index contributed by atoms with van der Waals surface area (Å²) in [6.07, 6.45) is 22.7. The molecule has 3 aliphatic rings. The van der Waals surface area contributed by atoms with Gasteiger partial charge < -0.3 is 89.1 Å². The zero-order valence-electron chi connectivity index (χ0n) is 63.4. The zero-order valence-corrected chi connectivity index (χ0v) is 64.3. The van der Waals surface area contributed by atoms with Crippen molar-refractivity contribution >= 4 is 25.7 Å². The molecule has 18 unspecified atom stereocenters. The molecule has 0 bridgehead atoms. The maximum Gasteiger partial charge on any atom is 0.472 e. The maximum atomic E-state index is 14.4. The van der Waals surface area contributed by atoms with Crippen LogP contribution in [0.15, 0.2) is 24.3 Å². The van der Waals surface area contributed by atoms with Gasteiger partial charge >= 0.3 is 25.7 Å². The summed E-state index contributed by atoms with van der Waals surface area (Å²) < 4.78 is 65.0. The highest BCUT2D eigenvalue weighted by Gasteiger charge is 2.58. The van der Waals surface area contributed by atoms with Crippen LogP contribution in [0.3, 0.4) is 0 Å². The van der Waals surface area contributed by atoms with Gasteiger partial charge in [0, 0.05) is 18.9 Å². The summed E-state index contributed by atoms with van der Waals surface area (Å²) in [5.41, 5.74) is 0. The van der Waals surface area contributed by atoms with Crippen molar-refractivity contribution in [2.75, 3.05) is 26.4 Å². The van der Waals surface area contributed by atoms with Crippen molar-refractivity contribution in [3.63, 3.8) is 0 Å². The number of aliphatic hydroxyl groups is 10. The first-order chi connectivity index (χ1) is 49.8. The number of phosphoric acid groups is 1. The predicted molar refractivity (Wildman–Crippen MR) is 393 cm³/mol. The van der Waals surface area contributed by atoms with Crippen LogP contribution < -0.4 is 0 Å². The van der Waals surface area contributed by atoms with Crippen LogP contribution in [0.5, 0.6) is 0 Å². The lowest BCUT2D eigenvalue weighted by Gasteiger charge is -2.49. The number of rotatable bonds is 64. The third-order valence-electron chi connectivity index (χ3n) is 20.1. The molecule has 1 aliphatic carbocycles. The first-order valence-corrected chi connectivity index (χ1v) is 42.2. The van der Waals surface area contributed by atoms with Crippen molar-refractivity contribution in [1.82, 2.24) is 0 Å². The molecule has 0 radical (unpaired) electrons. The van der Waals surface area contributed by atoms with Gasteiger partial charge in [0.05, 0.1) is 13.2 Å². The van der Waals surface area contributed by atoms with Crippen molar-refractivity contribution in [1.29, 1.82) is 0 Å². The van der Waals surface area contributed by atoms with Gasteiger partial charge in [-0.15, -0.1) is 0 Å². The average Bonchev–Trinajstić information content (AvgIpc) is 0.761. The van der Waals surface area contributed by atoms with E-state index in [1.165, 1.54) is 199 Å². The number of carbonyl (C=O) groups is 3. The van der Waals surface area contributed by atoms with Crippen LogP contribution in [0.2, 0.25) is 0 Å². The molecular weight excluding hydrogens is 1350 g/mol. The Balaban J connectivity index is 1.72. The van der Waals surface area contributed by atoms with Gasteiger partial charge in [0.25, 0.3) is 0 Å². The zero-order chi connectivity index (χ0) is 75.3. The molecule has 3 rings (SSSR count). The summed E-state index contributed by atoms with van der Waals surface area (Å²) in [6.45, 7) is 3.41.